The third kappa shape index (κ3) is 2.87. The van der Waals surface area contributed by atoms with Crippen molar-refractivity contribution in [1.82, 2.24) is 4.57 Å². The van der Waals surface area contributed by atoms with Gasteiger partial charge in [0.15, 0.2) is 5.78 Å². The van der Waals surface area contributed by atoms with Gasteiger partial charge in [-0.05, 0) is 29.3 Å². The van der Waals surface area contributed by atoms with Crippen LogP contribution < -0.4 is 0 Å². The minimum absolute atomic E-state index is 0.138. The Hall–Kier alpha value is -3.10. The van der Waals surface area contributed by atoms with Gasteiger partial charge >= 0.3 is 0 Å². The predicted molar refractivity (Wildman–Crippen MR) is 115 cm³/mol. The van der Waals surface area contributed by atoms with Crippen molar-refractivity contribution in [1.29, 1.82) is 0 Å². The SMILES string of the molecule is O=C1/C(=C/c2cn(Cc3ccccc3Cl)c3ccccc23)Cc2ccccc21. The molecule has 2 nitrogen and oxygen atoms in total. The number of allylic oxidation sites excluding steroid dienone is 1. The maximum absolute atomic E-state index is 12.8. The highest BCUT2D eigenvalue weighted by atomic mass is 35.5. The van der Waals surface area contributed by atoms with Gasteiger partial charge in [-0.1, -0.05) is 72.3 Å². The lowest BCUT2D eigenvalue weighted by Crippen LogP contribution is -1.98. The number of carbonyl (C=O) groups excluding carboxylic acids is 1. The Balaban J connectivity index is 1.58. The molecule has 0 aliphatic heterocycles. The van der Waals surface area contributed by atoms with Crippen molar-refractivity contribution in [2.75, 3.05) is 0 Å². The summed E-state index contributed by atoms with van der Waals surface area (Å²) in [5.74, 6) is 0.138. The van der Waals surface area contributed by atoms with Gasteiger partial charge in [0.1, 0.15) is 0 Å². The van der Waals surface area contributed by atoms with Gasteiger partial charge in [0.05, 0.1) is 0 Å². The topological polar surface area (TPSA) is 22.0 Å². The van der Waals surface area contributed by atoms with Crippen molar-refractivity contribution in [3.05, 3.63) is 112 Å². The van der Waals surface area contributed by atoms with Crippen molar-refractivity contribution in [3.8, 4) is 0 Å². The molecule has 0 spiro atoms. The molecule has 1 aliphatic carbocycles. The first-order valence-electron chi connectivity index (χ1n) is 9.35. The van der Waals surface area contributed by atoms with E-state index in [1.165, 1.54) is 0 Å². The second-order valence-electron chi connectivity index (χ2n) is 7.15. The molecule has 0 bridgehead atoms. The zero-order valence-electron chi connectivity index (χ0n) is 15.2. The van der Waals surface area contributed by atoms with E-state index in [1.54, 1.807) is 0 Å². The Morgan fingerprint density at radius 3 is 2.54 bits per heavy atom. The predicted octanol–water partition coefficient (Wildman–Crippen LogP) is 6.17. The smallest absolute Gasteiger partial charge is 0.189 e. The lowest BCUT2D eigenvalue weighted by molar-refractivity contribution is 0.104. The zero-order valence-corrected chi connectivity index (χ0v) is 16.0. The van der Waals surface area contributed by atoms with Crippen LogP contribution in [0.3, 0.4) is 0 Å². The summed E-state index contributed by atoms with van der Waals surface area (Å²) >= 11 is 6.37. The molecule has 1 heterocycles. The van der Waals surface area contributed by atoms with E-state index in [0.29, 0.717) is 13.0 Å². The summed E-state index contributed by atoms with van der Waals surface area (Å²) in [6.45, 7) is 0.692. The summed E-state index contributed by atoms with van der Waals surface area (Å²) in [7, 11) is 0. The summed E-state index contributed by atoms with van der Waals surface area (Å²) in [4.78, 5) is 12.8. The molecule has 0 radical (unpaired) electrons. The number of ketones is 1. The Kier molecular flexibility index (Phi) is 4.14. The molecule has 0 saturated carbocycles. The van der Waals surface area contributed by atoms with Gasteiger partial charge in [-0.15, -0.1) is 0 Å². The molecule has 0 N–H and O–H groups in total. The van der Waals surface area contributed by atoms with Crippen LogP contribution in [-0.4, -0.2) is 10.4 Å². The van der Waals surface area contributed by atoms with Gasteiger partial charge in [-0.3, -0.25) is 4.79 Å². The largest absolute Gasteiger partial charge is 0.342 e. The van der Waals surface area contributed by atoms with Crippen molar-refractivity contribution in [3.63, 3.8) is 0 Å². The van der Waals surface area contributed by atoms with E-state index in [9.17, 15) is 4.79 Å². The fraction of sp³-hybridized carbons (Fsp3) is 0.0800. The Morgan fingerprint density at radius 1 is 0.929 bits per heavy atom. The molecule has 3 aromatic carbocycles. The van der Waals surface area contributed by atoms with E-state index < -0.39 is 0 Å². The second-order valence-corrected chi connectivity index (χ2v) is 7.56. The first kappa shape index (κ1) is 17.0. The highest BCUT2D eigenvalue weighted by Crippen LogP contribution is 2.31. The molecule has 3 heteroatoms. The Morgan fingerprint density at radius 2 is 1.68 bits per heavy atom. The van der Waals surface area contributed by atoms with Crippen molar-refractivity contribution < 1.29 is 4.79 Å². The number of nitrogens with zero attached hydrogens (tertiary/aromatic N) is 1. The lowest BCUT2D eigenvalue weighted by atomic mass is 10.1. The number of aromatic nitrogens is 1. The number of benzene rings is 3. The number of rotatable bonds is 3. The molecule has 1 aliphatic rings. The fourth-order valence-electron chi connectivity index (χ4n) is 3.99. The molecule has 0 amide bonds. The summed E-state index contributed by atoms with van der Waals surface area (Å²) < 4.78 is 2.20. The minimum atomic E-state index is 0.138. The number of halogens is 1. The number of fused-ring (bicyclic) bond motifs is 2. The third-order valence-electron chi connectivity index (χ3n) is 5.38. The molecule has 136 valence electrons. The first-order chi connectivity index (χ1) is 13.7. The number of hydrogen-bond acceptors (Lipinski definition) is 1. The first-order valence-corrected chi connectivity index (χ1v) is 9.73. The van der Waals surface area contributed by atoms with Crippen LogP contribution in [0, 0.1) is 0 Å². The molecule has 0 unspecified atom stereocenters. The number of Topliss-reactive ketones (excluding diaryl/α,β-unsaturated/α-hetero) is 1. The molecular formula is C25H18ClNO. The van der Waals surface area contributed by atoms with Crippen LogP contribution in [0.2, 0.25) is 5.02 Å². The van der Waals surface area contributed by atoms with Crippen LogP contribution in [0.25, 0.3) is 17.0 Å². The molecule has 5 rings (SSSR count). The van der Waals surface area contributed by atoms with E-state index in [-0.39, 0.29) is 5.78 Å². The second kappa shape index (κ2) is 6.81. The van der Waals surface area contributed by atoms with Gasteiger partial charge < -0.3 is 4.57 Å². The van der Waals surface area contributed by atoms with E-state index in [2.05, 4.69) is 22.9 Å². The highest BCUT2D eigenvalue weighted by molar-refractivity contribution is 6.31. The monoisotopic (exact) mass is 383 g/mol. The molecule has 0 saturated heterocycles. The Labute approximate surface area is 168 Å². The maximum Gasteiger partial charge on any atom is 0.189 e. The standard InChI is InChI=1S/C25H18ClNO/c26-23-11-5-2-8-18(23)15-27-16-20(21-9-4-6-12-24(21)27)14-19-13-17-7-1-3-10-22(17)25(19)28/h1-12,14,16H,13,15H2/b19-14+. The number of hydrogen-bond donors (Lipinski definition) is 0. The maximum atomic E-state index is 12.8. The van der Waals surface area contributed by atoms with Crippen LogP contribution in [0.1, 0.15) is 27.0 Å². The summed E-state index contributed by atoms with van der Waals surface area (Å²) in [6.07, 6.45) is 4.87. The van der Waals surface area contributed by atoms with Crippen LogP contribution in [0.15, 0.2) is 84.6 Å². The highest BCUT2D eigenvalue weighted by Gasteiger charge is 2.24. The normalized spacial score (nSPS) is 14.8. The van der Waals surface area contributed by atoms with Crippen LogP contribution >= 0.6 is 11.6 Å². The van der Waals surface area contributed by atoms with Gasteiger partial charge in [-0.25, -0.2) is 0 Å². The molecule has 1 aromatic heterocycles. The average Bonchev–Trinajstić information content (AvgIpc) is 3.22. The average molecular weight is 384 g/mol. The molecule has 0 atom stereocenters. The van der Waals surface area contributed by atoms with Crippen LogP contribution in [0.5, 0.6) is 0 Å². The quantitative estimate of drug-likeness (QED) is 0.388. The molecule has 4 aromatic rings. The third-order valence-corrected chi connectivity index (χ3v) is 5.75. The van der Waals surface area contributed by atoms with Crippen LogP contribution in [0.4, 0.5) is 0 Å². The number of carbonyl (C=O) groups is 1. The van der Waals surface area contributed by atoms with E-state index in [0.717, 1.165) is 43.8 Å². The van der Waals surface area contributed by atoms with Crippen molar-refractivity contribution in [2.45, 2.75) is 13.0 Å². The van der Waals surface area contributed by atoms with Gasteiger partial charge in [0.25, 0.3) is 0 Å². The van der Waals surface area contributed by atoms with Gasteiger partial charge in [0.2, 0.25) is 0 Å². The van der Waals surface area contributed by atoms with E-state index in [1.807, 2.05) is 66.7 Å². The van der Waals surface area contributed by atoms with Crippen molar-refractivity contribution in [2.24, 2.45) is 0 Å². The van der Waals surface area contributed by atoms with Crippen LogP contribution in [-0.2, 0) is 13.0 Å². The molecular weight excluding hydrogens is 366 g/mol. The molecule has 28 heavy (non-hydrogen) atoms. The zero-order chi connectivity index (χ0) is 19.1. The fourth-order valence-corrected chi connectivity index (χ4v) is 4.19. The van der Waals surface area contributed by atoms with Crippen molar-refractivity contribution >= 4 is 34.4 Å². The summed E-state index contributed by atoms with van der Waals surface area (Å²) in [5.41, 5.74) is 6.07. The Bertz CT molecular complexity index is 1250. The van der Waals surface area contributed by atoms with E-state index >= 15 is 0 Å². The van der Waals surface area contributed by atoms with E-state index in [4.69, 9.17) is 11.6 Å². The minimum Gasteiger partial charge on any atom is -0.342 e. The lowest BCUT2D eigenvalue weighted by Gasteiger charge is -2.07. The summed E-state index contributed by atoms with van der Waals surface area (Å²) in [6, 6.07) is 24.1. The van der Waals surface area contributed by atoms with Gasteiger partial charge in [0, 0.05) is 51.8 Å². The summed E-state index contributed by atoms with van der Waals surface area (Å²) in [5, 5.41) is 1.91. The van der Waals surface area contributed by atoms with Gasteiger partial charge in [-0.2, -0.15) is 0 Å². The molecule has 0 fully saturated rings. The number of para-hydroxylation sites is 1.